The minimum Gasteiger partial charge on any atom is -0.319 e. The summed E-state index contributed by atoms with van der Waals surface area (Å²) in [6, 6.07) is 4.13. The normalized spacial score (nSPS) is 11.0. The average molecular weight is 190 g/mol. The van der Waals surface area contributed by atoms with Crippen LogP contribution in [-0.2, 0) is 6.42 Å². The van der Waals surface area contributed by atoms with Crippen molar-refractivity contribution < 1.29 is 0 Å². The molecule has 1 N–H and O–H groups in total. The maximum absolute atomic E-state index is 4.16. The molecule has 14 heavy (non-hydrogen) atoms. The lowest BCUT2D eigenvalue weighted by Crippen LogP contribution is -2.11. The zero-order valence-electron chi connectivity index (χ0n) is 8.49. The molecule has 0 atom stereocenters. The highest BCUT2D eigenvalue weighted by Gasteiger charge is 2.04. The van der Waals surface area contributed by atoms with Crippen molar-refractivity contribution in [1.82, 2.24) is 19.9 Å². The molecule has 0 spiro atoms. The van der Waals surface area contributed by atoms with E-state index in [1.807, 2.05) is 30.6 Å². The quantitative estimate of drug-likeness (QED) is 0.778. The van der Waals surface area contributed by atoms with Gasteiger partial charge in [-0.2, -0.15) is 0 Å². The van der Waals surface area contributed by atoms with E-state index >= 15 is 0 Å². The average Bonchev–Trinajstić information content (AvgIpc) is 2.58. The van der Waals surface area contributed by atoms with Gasteiger partial charge in [0.25, 0.3) is 0 Å². The standard InChI is InChI=1S/C10H14N4/c1-8-12-13-10-9(5-6-11-2)4-3-7-14(8)10/h3-4,7,11H,5-6H2,1-2H3. The lowest BCUT2D eigenvalue weighted by atomic mass is 10.2. The summed E-state index contributed by atoms with van der Waals surface area (Å²) in [5.74, 6) is 0.936. The van der Waals surface area contributed by atoms with Crippen LogP contribution in [0.5, 0.6) is 0 Å². The van der Waals surface area contributed by atoms with Gasteiger partial charge in [-0.05, 0) is 38.6 Å². The second kappa shape index (κ2) is 3.75. The number of nitrogens with zero attached hydrogens (tertiary/aromatic N) is 3. The van der Waals surface area contributed by atoms with E-state index in [0.29, 0.717) is 0 Å². The predicted molar refractivity (Wildman–Crippen MR) is 55.4 cm³/mol. The number of aryl methyl sites for hydroxylation is 1. The van der Waals surface area contributed by atoms with Crippen molar-refractivity contribution in [2.45, 2.75) is 13.3 Å². The number of pyridine rings is 1. The van der Waals surface area contributed by atoms with Gasteiger partial charge in [0.15, 0.2) is 5.65 Å². The molecule has 4 heteroatoms. The maximum atomic E-state index is 4.16. The molecule has 0 radical (unpaired) electrons. The van der Waals surface area contributed by atoms with Crippen LogP contribution >= 0.6 is 0 Å². The van der Waals surface area contributed by atoms with E-state index < -0.39 is 0 Å². The van der Waals surface area contributed by atoms with Gasteiger partial charge in [-0.3, -0.25) is 4.40 Å². The summed E-state index contributed by atoms with van der Waals surface area (Å²) in [7, 11) is 1.95. The minimum absolute atomic E-state index is 0.936. The van der Waals surface area contributed by atoms with Crippen LogP contribution in [0.4, 0.5) is 0 Å². The highest BCUT2D eigenvalue weighted by Crippen LogP contribution is 2.09. The Hall–Kier alpha value is -1.42. The molecule has 74 valence electrons. The maximum Gasteiger partial charge on any atom is 0.164 e. The van der Waals surface area contributed by atoms with Crippen LogP contribution in [0, 0.1) is 6.92 Å². The van der Waals surface area contributed by atoms with Gasteiger partial charge in [-0.25, -0.2) is 0 Å². The van der Waals surface area contributed by atoms with E-state index in [1.165, 1.54) is 5.56 Å². The third-order valence-electron chi connectivity index (χ3n) is 2.33. The number of aromatic nitrogens is 3. The Labute approximate surface area is 83.0 Å². The molecule has 0 saturated heterocycles. The van der Waals surface area contributed by atoms with Crippen molar-refractivity contribution in [3.8, 4) is 0 Å². The van der Waals surface area contributed by atoms with E-state index in [1.54, 1.807) is 0 Å². The Morgan fingerprint density at radius 2 is 2.29 bits per heavy atom. The third kappa shape index (κ3) is 1.48. The largest absolute Gasteiger partial charge is 0.319 e. The monoisotopic (exact) mass is 190 g/mol. The van der Waals surface area contributed by atoms with E-state index in [4.69, 9.17) is 0 Å². The van der Waals surface area contributed by atoms with Gasteiger partial charge < -0.3 is 5.32 Å². The van der Waals surface area contributed by atoms with Gasteiger partial charge in [-0.1, -0.05) is 6.07 Å². The van der Waals surface area contributed by atoms with Crippen LogP contribution in [0.2, 0.25) is 0 Å². The zero-order valence-corrected chi connectivity index (χ0v) is 8.49. The van der Waals surface area contributed by atoms with Crippen molar-refractivity contribution in [2.75, 3.05) is 13.6 Å². The van der Waals surface area contributed by atoms with Gasteiger partial charge in [0, 0.05) is 6.20 Å². The zero-order chi connectivity index (χ0) is 9.97. The molecule has 2 aromatic rings. The smallest absolute Gasteiger partial charge is 0.164 e. The molecule has 0 bridgehead atoms. The first-order valence-corrected chi connectivity index (χ1v) is 4.77. The summed E-state index contributed by atoms with van der Waals surface area (Å²) in [6.45, 7) is 2.92. The molecular formula is C10H14N4. The first-order chi connectivity index (χ1) is 6.83. The van der Waals surface area contributed by atoms with E-state index in [9.17, 15) is 0 Å². The molecule has 2 heterocycles. The molecule has 4 nitrogen and oxygen atoms in total. The number of fused-ring (bicyclic) bond motifs is 1. The molecule has 0 fully saturated rings. The van der Waals surface area contributed by atoms with Crippen molar-refractivity contribution in [2.24, 2.45) is 0 Å². The number of likely N-dealkylation sites (N-methyl/N-ethyl adjacent to an activating group) is 1. The number of rotatable bonds is 3. The Kier molecular flexibility index (Phi) is 2.45. The van der Waals surface area contributed by atoms with Crippen LogP contribution in [0.25, 0.3) is 5.65 Å². The van der Waals surface area contributed by atoms with Gasteiger partial charge in [0.2, 0.25) is 0 Å². The fourth-order valence-electron chi connectivity index (χ4n) is 1.54. The Morgan fingerprint density at radius 3 is 3.07 bits per heavy atom. The van der Waals surface area contributed by atoms with E-state index in [0.717, 1.165) is 24.4 Å². The number of nitrogens with one attached hydrogen (secondary N) is 1. The topological polar surface area (TPSA) is 42.2 Å². The van der Waals surface area contributed by atoms with Crippen LogP contribution < -0.4 is 5.32 Å². The van der Waals surface area contributed by atoms with Crippen LogP contribution in [0.1, 0.15) is 11.4 Å². The van der Waals surface area contributed by atoms with Crippen LogP contribution in [0.3, 0.4) is 0 Å². The van der Waals surface area contributed by atoms with Gasteiger partial charge in [-0.15, -0.1) is 10.2 Å². The molecule has 2 aromatic heterocycles. The van der Waals surface area contributed by atoms with Gasteiger partial charge in [0.1, 0.15) is 5.82 Å². The van der Waals surface area contributed by atoms with E-state index in [-0.39, 0.29) is 0 Å². The van der Waals surface area contributed by atoms with Crippen molar-refractivity contribution >= 4 is 5.65 Å². The molecule has 2 rings (SSSR count). The highest BCUT2D eigenvalue weighted by atomic mass is 15.2. The fraction of sp³-hybridized carbons (Fsp3) is 0.400. The summed E-state index contributed by atoms with van der Waals surface area (Å²) in [5.41, 5.74) is 2.21. The number of hydrogen-bond donors (Lipinski definition) is 1. The summed E-state index contributed by atoms with van der Waals surface area (Å²) in [4.78, 5) is 0. The first-order valence-electron chi connectivity index (χ1n) is 4.77. The molecule has 0 unspecified atom stereocenters. The fourth-order valence-corrected chi connectivity index (χ4v) is 1.54. The molecule has 0 amide bonds. The van der Waals surface area contributed by atoms with Crippen LogP contribution in [0.15, 0.2) is 18.3 Å². The SMILES string of the molecule is CNCCc1cccn2c(C)nnc12. The van der Waals surface area contributed by atoms with Gasteiger partial charge in [0.05, 0.1) is 0 Å². The summed E-state index contributed by atoms with van der Waals surface area (Å²) < 4.78 is 2.02. The molecule has 0 aliphatic carbocycles. The lowest BCUT2D eigenvalue weighted by molar-refractivity contribution is 0.791. The molecule has 0 aliphatic rings. The van der Waals surface area contributed by atoms with Crippen LogP contribution in [-0.4, -0.2) is 28.2 Å². The Morgan fingerprint density at radius 1 is 1.43 bits per heavy atom. The lowest BCUT2D eigenvalue weighted by Gasteiger charge is -2.02. The third-order valence-corrected chi connectivity index (χ3v) is 2.33. The minimum atomic E-state index is 0.936. The first kappa shape index (κ1) is 9.15. The molecule has 0 aromatic carbocycles. The molecule has 0 saturated carbocycles. The summed E-state index contributed by atoms with van der Waals surface area (Å²) in [6.07, 6.45) is 2.98. The second-order valence-corrected chi connectivity index (χ2v) is 3.33. The molecular weight excluding hydrogens is 176 g/mol. The second-order valence-electron chi connectivity index (χ2n) is 3.33. The summed E-state index contributed by atoms with van der Waals surface area (Å²) in [5, 5.41) is 11.3. The predicted octanol–water partition coefficient (Wildman–Crippen LogP) is 0.800. The van der Waals surface area contributed by atoms with E-state index in [2.05, 4.69) is 21.6 Å². The van der Waals surface area contributed by atoms with Crippen molar-refractivity contribution in [3.63, 3.8) is 0 Å². The number of hydrogen-bond acceptors (Lipinski definition) is 3. The Balaban J connectivity index is 2.44. The Bertz CT molecular complexity index is 433. The highest BCUT2D eigenvalue weighted by molar-refractivity contribution is 5.47. The van der Waals surface area contributed by atoms with Crippen molar-refractivity contribution in [1.29, 1.82) is 0 Å². The summed E-state index contributed by atoms with van der Waals surface area (Å²) >= 11 is 0. The molecule has 0 aliphatic heterocycles. The van der Waals surface area contributed by atoms with Gasteiger partial charge >= 0.3 is 0 Å². The van der Waals surface area contributed by atoms with Crippen molar-refractivity contribution in [3.05, 3.63) is 29.7 Å².